The topological polar surface area (TPSA) is 64.3 Å². The van der Waals surface area contributed by atoms with Crippen molar-refractivity contribution in [1.82, 2.24) is 5.32 Å². The Hall–Kier alpha value is -2.01. The highest BCUT2D eigenvalue weighted by molar-refractivity contribution is 9.10. The lowest BCUT2D eigenvalue weighted by atomic mass is 10.1. The van der Waals surface area contributed by atoms with Crippen molar-refractivity contribution in [1.29, 1.82) is 0 Å². The van der Waals surface area contributed by atoms with E-state index in [0.717, 1.165) is 11.3 Å². The maximum atomic E-state index is 12.1. The number of rotatable bonds is 5. The van der Waals surface area contributed by atoms with E-state index in [1.165, 1.54) is 0 Å². The lowest BCUT2D eigenvalue weighted by Gasteiger charge is -2.08. The molecule has 0 aliphatic rings. The van der Waals surface area contributed by atoms with Gasteiger partial charge in [-0.2, -0.15) is 0 Å². The van der Waals surface area contributed by atoms with Crippen molar-refractivity contribution in [2.24, 2.45) is 0 Å². The summed E-state index contributed by atoms with van der Waals surface area (Å²) in [6.45, 7) is 3.00. The largest absolute Gasteiger partial charge is 0.494 e. The Bertz CT molecular complexity index is 644. The van der Waals surface area contributed by atoms with E-state index >= 15 is 0 Å². The molecular weight excluding hydrogens is 332 g/mol. The molecule has 110 valence electrons. The molecular formula is C16H17BrN2O2. The summed E-state index contributed by atoms with van der Waals surface area (Å²) in [5, 5.41) is 2.88. The maximum Gasteiger partial charge on any atom is 0.251 e. The molecule has 0 radical (unpaired) electrons. The van der Waals surface area contributed by atoms with Crippen molar-refractivity contribution in [2.45, 2.75) is 13.5 Å². The summed E-state index contributed by atoms with van der Waals surface area (Å²) in [5.74, 6) is 0.664. The molecule has 4 nitrogen and oxygen atoms in total. The molecule has 1 amide bonds. The number of carbonyl (C=O) groups excluding carboxylic acids is 1. The number of halogens is 1. The highest BCUT2D eigenvalue weighted by Gasteiger charge is 2.07. The van der Waals surface area contributed by atoms with Crippen LogP contribution in [0.3, 0.4) is 0 Å². The van der Waals surface area contributed by atoms with E-state index in [1.54, 1.807) is 18.2 Å². The molecule has 0 heterocycles. The highest BCUT2D eigenvalue weighted by Crippen LogP contribution is 2.20. The maximum absolute atomic E-state index is 12.1. The van der Waals surface area contributed by atoms with Crippen molar-refractivity contribution in [2.75, 3.05) is 12.3 Å². The summed E-state index contributed by atoms with van der Waals surface area (Å²) >= 11 is 3.32. The van der Waals surface area contributed by atoms with Gasteiger partial charge in [-0.1, -0.05) is 12.1 Å². The number of ether oxygens (including phenoxy) is 1. The zero-order chi connectivity index (χ0) is 15.2. The summed E-state index contributed by atoms with van der Waals surface area (Å²) in [4.78, 5) is 12.1. The molecule has 0 aliphatic heterocycles. The number of nitrogens with two attached hydrogens (primary N) is 1. The molecule has 21 heavy (non-hydrogen) atoms. The van der Waals surface area contributed by atoms with Gasteiger partial charge in [-0.25, -0.2) is 0 Å². The van der Waals surface area contributed by atoms with Crippen molar-refractivity contribution < 1.29 is 9.53 Å². The van der Waals surface area contributed by atoms with Crippen LogP contribution in [0.5, 0.6) is 5.75 Å². The van der Waals surface area contributed by atoms with Crippen LogP contribution in [0.2, 0.25) is 0 Å². The number of hydrogen-bond acceptors (Lipinski definition) is 3. The minimum atomic E-state index is -0.141. The van der Waals surface area contributed by atoms with Crippen LogP contribution in [0.1, 0.15) is 22.8 Å². The van der Waals surface area contributed by atoms with Gasteiger partial charge in [-0.05, 0) is 58.7 Å². The molecule has 3 N–H and O–H groups in total. The van der Waals surface area contributed by atoms with Crippen LogP contribution in [0.15, 0.2) is 46.9 Å². The Kier molecular flexibility index (Phi) is 5.22. The second-order valence-corrected chi connectivity index (χ2v) is 5.35. The van der Waals surface area contributed by atoms with Crippen LogP contribution < -0.4 is 15.8 Å². The lowest BCUT2D eigenvalue weighted by molar-refractivity contribution is 0.0951. The zero-order valence-electron chi connectivity index (χ0n) is 11.7. The third-order valence-corrected chi connectivity index (χ3v) is 3.61. The Morgan fingerprint density at radius 3 is 2.81 bits per heavy atom. The summed E-state index contributed by atoms with van der Waals surface area (Å²) in [5.41, 5.74) is 7.87. The van der Waals surface area contributed by atoms with Crippen LogP contribution in [0.4, 0.5) is 5.69 Å². The van der Waals surface area contributed by atoms with Gasteiger partial charge in [0.05, 0.1) is 6.61 Å². The Balaban J connectivity index is 2.00. The van der Waals surface area contributed by atoms with Crippen LogP contribution in [-0.2, 0) is 6.54 Å². The van der Waals surface area contributed by atoms with E-state index in [4.69, 9.17) is 10.5 Å². The normalized spacial score (nSPS) is 10.2. The third kappa shape index (κ3) is 4.23. The Morgan fingerprint density at radius 2 is 2.10 bits per heavy atom. The first-order valence-electron chi connectivity index (χ1n) is 6.65. The highest BCUT2D eigenvalue weighted by atomic mass is 79.9. The fourth-order valence-corrected chi connectivity index (χ4v) is 2.24. The van der Waals surface area contributed by atoms with Gasteiger partial charge in [0.2, 0.25) is 0 Å². The monoisotopic (exact) mass is 348 g/mol. The molecule has 0 fully saturated rings. The molecule has 5 heteroatoms. The second-order valence-electron chi connectivity index (χ2n) is 4.50. The third-order valence-electron chi connectivity index (χ3n) is 2.93. The van der Waals surface area contributed by atoms with E-state index in [0.29, 0.717) is 28.9 Å². The second kappa shape index (κ2) is 7.13. The predicted molar refractivity (Wildman–Crippen MR) is 87.3 cm³/mol. The number of anilines is 1. The molecule has 0 unspecified atom stereocenters. The Morgan fingerprint density at radius 1 is 1.29 bits per heavy atom. The number of benzene rings is 2. The summed E-state index contributed by atoms with van der Waals surface area (Å²) in [7, 11) is 0. The van der Waals surface area contributed by atoms with Gasteiger partial charge in [-0.3, -0.25) is 4.79 Å². The zero-order valence-corrected chi connectivity index (χ0v) is 13.3. The number of amides is 1. The fourth-order valence-electron chi connectivity index (χ4n) is 1.86. The van der Waals surface area contributed by atoms with Crippen molar-refractivity contribution in [3.05, 3.63) is 58.1 Å². The predicted octanol–water partition coefficient (Wildman–Crippen LogP) is 3.36. The molecule has 0 saturated carbocycles. The fraction of sp³-hybridized carbons (Fsp3) is 0.188. The van der Waals surface area contributed by atoms with Gasteiger partial charge in [0.15, 0.2) is 0 Å². The average molecular weight is 349 g/mol. The van der Waals surface area contributed by atoms with Gasteiger partial charge in [0.1, 0.15) is 5.75 Å². The summed E-state index contributed by atoms with van der Waals surface area (Å²) < 4.78 is 6.15. The minimum absolute atomic E-state index is 0.141. The van der Waals surface area contributed by atoms with E-state index in [2.05, 4.69) is 21.2 Å². The first kappa shape index (κ1) is 15.4. The first-order valence-corrected chi connectivity index (χ1v) is 7.44. The summed E-state index contributed by atoms with van der Waals surface area (Å²) in [6.07, 6.45) is 0. The standard InChI is InChI=1S/C16H17BrN2O2/c1-2-21-13-5-3-4-11(8-13)10-19-16(20)12-6-7-15(18)14(17)9-12/h3-9H,2,10,18H2,1H3,(H,19,20). The molecule has 0 aliphatic carbocycles. The molecule has 0 bridgehead atoms. The Labute approximate surface area is 132 Å². The average Bonchev–Trinajstić information content (AvgIpc) is 2.48. The molecule has 0 saturated heterocycles. The number of nitrogen functional groups attached to an aromatic ring is 1. The molecule has 0 atom stereocenters. The SMILES string of the molecule is CCOc1cccc(CNC(=O)c2ccc(N)c(Br)c2)c1. The van der Waals surface area contributed by atoms with Gasteiger partial charge in [-0.15, -0.1) is 0 Å². The molecule has 2 aromatic rings. The van der Waals surface area contributed by atoms with Gasteiger partial charge in [0.25, 0.3) is 5.91 Å². The van der Waals surface area contributed by atoms with E-state index in [1.807, 2.05) is 31.2 Å². The van der Waals surface area contributed by atoms with Crippen molar-refractivity contribution in [3.63, 3.8) is 0 Å². The summed E-state index contributed by atoms with van der Waals surface area (Å²) in [6, 6.07) is 12.8. The van der Waals surface area contributed by atoms with Gasteiger partial charge >= 0.3 is 0 Å². The lowest BCUT2D eigenvalue weighted by Crippen LogP contribution is -2.22. The smallest absolute Gasteiger partial charge is 0.251 e. The molecule has 2 aromatic carbocycles. The van der Waals surface area contributed by atoms with Crippen molar-refractivity contribution >= 4 is 27.5 Å². The van der Waals surface area contributed by atoms with E-state index < -0.39 is 0 Å². The number of hydrogen-bond donors (Lipinski definition) is 2. The quantitative estimate of drug-likeness (QED) is 0.814. The van der Waals surface area contributed by atoms with E-state index in [9.17, 15) is 4.79 Å². The number of carbonyl (C=O) groups is 1. The van der Waals surface area contributed by atoms with E-state index in [-0.39, 0.29) is 5.91 Å². The van der Waals surface area contributed by atoms with Gasteiger partial charge < -0.3 is 15.8 Å². The van der Waals surface area contributed by atoms with Gasteiger partial charge in [0, 0.05) is 22.3 Å². The molecule has 0 spiro atoms. The molecule has 0 aromatic heterocycles. The van der Waals surface area contributed by atoms with Crippen molar-refractivity contribution in [3.8, 4) is 5.75 Å². The van der Waals surface area contributed by atoms with Crippen LogP contribution in [0.25, 0.3) is 0 Å². The minimum Gasteiger partial charge on any atom is -0.494 e. The number of nitrogens with one attached hydrogen (secondary N) is 1. The van der Waals surface area contributed by atoms with Crippen LogP contribution in [0, 0.1) is 0 Å². The van der Waals surface area contributed by atoms with Crippen LogP contribution in [-0.4, -0.2) is 12.5 Å². The molecule has 2 rings (SSSR count). The first-order chi connectivity index (χ1) is 10.1. The van der Waals surface area contributed by atoms with Crippen LogP contribution >= 0.6 is 15.9 Å².